The van der Waals surface area contributed by atoms with Crippen molar-refractivity contribution in [3.05, 3.63) is 0 Å². The lowest BCUT2D eigenvalue weighted by molar-refractivity contribution is -0.141. The summed E-state index contributed by atoms with van der Waals surface area (Å²) in [5.74, 6) is -0.136. The molecule has 1 fully saturated rings. The van der Waals surface area contributed by atoms with Gasteiger partial charge in [0.1, 0.15) is 0 Å². The molecule has 1 heterocycles. The van der Waals surface area contributed by atoms with Gasteiger partial charge in [-0.05, 0) is 19.4 Å². The van der Waals surface area contributed by atoms with E-state index in [9.17, 15) is 4.79 Å². The quantitative estimate of drug-likeness (QED) is 0.627. The Bertz CT molecular complexity index is 173. The third-order valence-electron chi connectivity index (χ3n) is 2.60. The maximum atomic E-state index is 10.9. The smallest absolute Gasteiger partial charge is 0.306 e. The lowest BCUT2D eigenvalue weighted by Crippen LogP contribution is -2.36. The summed E-state index contributed by atoms with van der Waals surface area (Å²) < 4.78 is 4.58. The Kier molecular flexibility index (Phi) is 4.18. The van der Waals surface area contributed by atoms with Crippen LogP contribution in [0.2, 0.25) is 0 Å². The molecule has 1 aliphatic heterocycles. The monoisotopic (exact) mass is 186 g/mol. The van der Waals surface area contributed by atoms with Gasteiger partial charge in [-0.1, -0.05) is 0 Å². The SMILES string of the molecule is COC(=O)CCN1CCC[C@H]1CN. The Morgan fingerprint density at radius 1 is 1.69 bits per heavy atom. The van der Waals surface area contributed by atoms with Crippen LogP contribution < -0.4 is 5.73 Å². The molecule has 1 aliphatic rings. The van der Waals surface area contributed by atoms with Crippen LogP contribution in [0.5, 0.6) is 0 Å². The minimum atomic E-state index is -0.136. The zero-order valence-electron chi connectivity index (χ0n) is 8.16. The fourth-order valence-electron chi connectivity index (χ4n) is 1.79. The van der Waals surface area contributed by atoms with Crippen molar-refractivity contribution in [3.8, 4) is 0 Å². The van der Waals surface area contributed by atoms with Gasteiger partial charge in [-0.25, -0.2) is 0 Å². The molecule has 0 saturated carbocycles. The largest absolute Gasteiger partial charge is 0.469 e. The second kappa shape index (κ2) is 5.19. The van der Waals surface area contributed by atoms with Crippen molar-refractivity contribution in [2.75, 3.05) is 26.7 Å². The lowest BCUT2D eigenvalue weighted by atomic mass is 10.2. The molecular formula is C9H18N2O2. The summed E-state index contributed by atoms with van der Waals surface area (Å²) in [5, 5.41) is 0. The topological polar surface area (TPSA) is 55.6 Å². The third kappa shape index (κ3) is 2.97. The van der Waals surface area contributed by atoms with Crippen molar-refractivity contribution in [1.82, 2.24) is 4.90 Å². The Labute approximate surface area is 79.0 Å². The second-order valence-corrected chi connectivity index (χ2v) is 3.39. The highest BCUT2D eigenvalue weighted by atomic mass is 16.5. The maximum Gasteiger partial charge on any atom is 0.306 e. The number of carbonyl (C=O) groups excluding carboxylic acids is 1. The molecule has 0 bridgehead atoms. The van der Waals surface area contributed by atoms with Gasteiger partial charge in [-0.3, -0.25) is 9.69 Å². The van der Waals surface area contributed by atoms with Crippen LogP contribution in [0.25, 0.3) is 0 Å². The van der Waals surface area contributed by atoms with Gasteiger partial charge < -0.3 is 10.5 Å². The first-order chi connectivity index (χ1) is 6.27. The van der Waals surface area contributed by atoms with Crippen LogP contribution in [0.1, 0.15) is 19.3 Å². The molecule has 0 aromatic rings. The van der Waals surface area contributed by atoms with Crippen LogP contribution in [0.15, 0.2) is 0 Å². The highest BCUT2D eigenvalue weighted by molar-refractivity contribution is 5.69. The van der Waals surface area contributed by atoms with Gasteiger partial charge in [0.05, 0.1) is 13.5 Å². The van der Waals surface area contributed by atoms with Gasteiger partial charge in [-0.15, -0.1) is 0 Å². The van der Waals surface area contributed by atoms with Gasteiger partial charge in [-0.2, -0.15) is 0 Å². The van der Waals surface area contributed by atoms with E-state index in [4.69, 9.17) is 5.73 Å². The molecule has 4 heteroatoms. The number of esters is 1. The molecule has 4 nitrogen and oxygen atoms in total. The fourth-order valence-corrected chi connectivity index (χ4v) is 1.79. The standard InChI is InChI=1S/C9H18N2O2/c1-13-9(12)4-6-11-5-2-3-8(11)7-10/h8H,2-7,10H2,1H3/t8-/m0/s1. The number of rotatable bonds is 4. The Hall–Kier alpha value is -0.610. The number of methoxy groups -OCH3 is 1. The number of hydrogen-bond acceptors (Lipinski definition) is 4. The Morgan fingerprint density at radius 2 is 2.46 bits per heavy atom. The number of hydrogen-bond donors (Lipinski definition) is 1. The molecule has 0 radical (unpaired) electrons. The lowest BCUT2D eigenvalue weighted by Gasteiger charge is -2.22. The van der Waals surface area contributed by atoms with E-state index in [0.717, 1.165) is 19.5 Å². The van der Waals surface area contributed by atoms with Crippen molar-refractivity contribution in [2.45, 2.75) is 25.3 Å². The van der Waals surface area contributed by atoms with Crippen LogP contribution in [0.4, 0.5) is 0 Å². The maximum absolute atomic E-state index is 10.9. The minimum Gasteiger partial charge on any atom is -0.469 e. The van der Waals surface area contributed by atoms with E-state index in [1.165, 1.54) is 13.5 Å². The third-order valence-corrected chi connectivity index (χ3v) is 2.60. The summed E-state index contributed by atoms with van der Waals surface area (Å²) in [4.78, 5) is 13.2. The molecular weight excluding hydrogens is 168 g/mol. The molecule has 0 amide bonds. The number of carbonyl (C=O) groups is 1. The fraction of sp³-hybridized carbons (Fsp3) is 0.889. The molecule has 13 heavy (non-hydrogen) atoms. The van der Waals surface area contributed by atoms with Gasteiger partial charge in [0.25, 0.3) is 0 Å². The summed E-state index contributed by atoms with van der Waals surface area (Å²) in [6.45, 7) is 2.55. The number of ether oxygens (including phenoxy) is 1. The predicted octanol–water partition coefficient (Wildman–Crippen LogP) is -0.0274. The second-order valence-electron chi connectivity index (χ2n) is 3.39. The van der Waals surface area contributed by atoms with Gasteiger partial charge in [0.15, 0.2) is 0 Å². The minimum absolute atomic E-state index is 0.136. The first-order valence-corrected chi connectivity index (χ1v) is 4.79. The highest BCUT2D eigenvalue weighted by Crippen LogP contribution is 2.15. The molecule has 0 aromatic carbocycles. The summed E-state index contributed by atoms with van der Waals surface area (Å²) in [5.41, 5.74) is 5.61. The zero-order chi connectivity index (χ0) is 9.68. The molecule has 0 aromatic heterocycles. The van der Waals surface area contributed by atoms with E-state index in [0.29, 0.717) is 19.0 Å². The highest BCUT2D eigenvalue weighted by Gasteiger charge is 2.23. The number of nitrogens with two attached hydrogens (primary N) is 1. The van der Waals surface area contributed by atoms with Crippen molar-refractivity contribution in [1.29, 1.82) is 0 Å². The Balaban J connectivity index is 2.23. The van der Waals surface area contributed by atoms with Crippen molar-refractivity contribution in [3.63, 3.8) is 0 Å². The average molecular weight is 186 g/mol. The van der Waals surface area contributed by atoms with E-state index >= 15 is 0 Å². The predicted molar refractivity (Wildman–Crippen MR) is 50.3 cm³/mol. The molecule has 0 aliphatic carbocycles. The molecule has 76 valence electrons. The van der Waals surface area contributed by atoms with Crippen LogP contribution in [0, 0.1) is 0 Å². The van der Waals surface area contributed by atoms with Gasteiger partial charge in [0, 0.05) is 19.1 Å². The summed E-state index contributed by atoms with van der Waals surface area (Å²) in [6, 6.07) is 0.477. The van der Waals surface area contributed by atoms with E-state index in [1.54, 1.807) is 0 Å². The first kappa shape index (κ1) is 10.5. The van der Waals surface area contributed by atoms with Crippen molar-refractivity contribution >= 4 is 5.97 Å². The number of likely N-dealkylation sites (tertiary alicyclic amines) is 1. The molecule has 0 unspecified atom stereocenters. The van der Waals surface area contributed by atoms with Crippen LogP contribution in [-0.2, 0) is 9.53 Å². The molecule has 1 atom stereocenters. The zero-order valence-corrected chi connectivity index (χ0v) is 8.16. The molecule has 1 saturated heterocycles. The van der Waals surface area contributed by atoms with E-state index in [-0.39, 0.29) is 5.97 Å². The summed E-state index contributed by atoms with van der Waals surface area (Å²) in [7, 11) is 1.42. The van der Waals surface area contributed by atoms with Crippen molar-refractivity contribution < 1.29 is 9.53 Å². The van der Waals surface area contributed by atoms with E-state index in [1.807, 2.05) is 0 Å². The number of nitrogens with zero attached hydrogens (tertiary/aromatic N) is 1. The normalized spacial score (nSPS) is 23.4. The van der Waals surface area contributed by atoms with Crippen LogP contribution >= 0.6 is 0 Å². The van der Waals surface area contributed by atoms with Crippen LogP contribution in [0.3, 0.4) is 0 Å². The molecule has 1 rings (SSSR count). The average Bonchev–Trinajstić information content (AvgIpc) is 2.61. The van der Waals surface area contributed by atoms with E-state index in [2.05, 4.69) is 9.64 Å². The van der Waals surface area contributed by atoms with E-state index < -0.39 is 0 Å². The van der Waals surface area contributed by atoms with Crippen molar-refractivity contribution in [2.24, 2.45) is 5.73 Å². The first-order valence-electron chi connectivity index (χ1n) is 4.79. The van der Waals surface area contributed by atoms with Gasteiger partial charge in [0.2, 0.25) is 0 Å². The molecule has 2 N–H and O–H groups in total. The summed E-state index contributed by atoms with van der Waals surface area (Å²) in [6.07, 6.45) is 2.84. The Morgan fingerprint density at radius 3 is 3.08 bits per heavy atom. The molecule has 0 spiro atoms. The van der Waals surface area contributed by atoms with Crippen LogP contribution in [-0.4, -0.2) is 43.7 Å². The summed E-state index contributed by atoms with van der Waals surface area (Å²) >= 11 is 0. The van der Waals surface area contributed by atoms with Gasteiger partial charge >= 0.3 is 5.97 Å².